The Morgan fingerprint density at radius 2 is 2.18 bits per heavy atom. The summed E-state index contributed by atoms with van der Waals surface area (Å²) < 4.78 is 5.45. The fraction of sp³-hybridized carbons (Fsp3) is 0.500. The minimum absolute atomic E-state index is 0.0843. The largest absolute Gasteiger partial charge is 0.376 e. The number of ether oxygens (including phenoxy) is 1. The van der Waals surface area contributed by atoms with Crippen LogP contribution >= 0.6 is 0 Å². The van der Waals surface area contributed by atoms with Crippen LogP contribution < -0.4 is 16.0 Å². The number of nitrogens with one attached hydrogen (secondary N) is 3. The molecule has 0 aromatic heterocycles. The number of anilines is 1. The van der Waals surface area contributed by atoms with Gasteiger partial charge in [-0.3, -0.25) is 9.59 Å². The van der Waals surface area contributed by atoms with Gasteiger partial charge >= 0.3 is 0 Å². The molecule has 0 aliphatic carbocycles. The van der Waals surface area contributed by atoms with E-state index in [2.05, 4.69) is 16.0 Å². The number of hydrogen-bond acceptors (Lipinski definition) is 4. The lowest BCUT2D eigenvalue weighted by Crippen LogP contribution is -2.35. The molecule has 6 nitrogen and oxygen atoms in total. The summed E-state index contributed by atoms with van der Waals surface area (Å²) in [6.07, 6.45) is 2.21. The van der Waals surface area contributed by atoms with Crippen molar-refractivity contribution in [1.29, 1.82) is 0 Å². The molecule has 1 heterocycles. The van der Waals surface area contributed by atoms with Gasteiger partial charge in [-0.1, -0.05) is 6.07 Å². The van der Waals surface area contributed by atoms with Crippen LogP contribution in [-0.2, 0) is 9.53 Å². The van der Waals surface area contributed by atoms with Crippen LogP contribution in [0.2, 0.25) is 0 Å². The molecular formula is C16H23N3O3. The Labute approximate surface area is 130 Å². The minimum atomic E-state index is -0.117. The van der Waals surface area contributed by atoms with Crippen LogP contribution in [0.4, 0.5) is 5.69 Å². The van der Waals surface area contributed by atoms with E-state index in [0.717, 1.165) is 25.1 Å². The maximum absolute atomic E-state index is 11.8. The van der Waals surface area contributed by atoms with Gasteiger partial charge in [-0.25, -0.2) is 0 Å². The summed E-state index contributed by atoms with van der Waals surface area (Å²) >= 11 is 0. The molecule has 3 N–H and O–H groups in total. The smallest absolute Gasteiger partial charge is 0.251 e. The summed E-state index contributed by atoms with van der Waals surface area (Å²) in [6.45, 7) is 3.97. The van der Waals surface area contributed by atoms with E-state index < -0.39 is 0 Å². The molecule has 0 bridgehead atoms. The van der Waals surface area contributed by atoms with Crippen molar-refractivity contribution >= 4 is 17.5 Å². The first-order valence-corrected chi connectivity index (χ1v) is 7.69. The van der Waals surface area contributed by atoms with Crippen molar-refractivity contribution < 1.29 is 14.3 Å². The Morgan fingerprint density at radius 3 is 2.91 bits per heavy atom. The number of rotatable bonds is 7. The van der Waals surface area contributed by atoms with Gasteiger partial charge in [-0.05, 0) is 38.0 Å². The van der Waals surface area contributed by atoms with Crippen LogP contribution in [0.15, 0.2) is 24.3 Å². The summed E-state index contributed by atoms with van der Waals surface area (Å²) in [5.74, 6) is -0.201. The van der Waals surface area contributed by atoms with Crippen LogP contribution in [0.1, 0.15) is 30.1 Å². The quantitative estimate of drug-likeness (QED) is 0.706. The van der Waals surface area contributed by atoms with Gasteiger partial charge in [0.2, 0.25) is 5.91 Å². The highest BCUT2D eigenvalue weighted by Gasteiger charge is 2.15. The molecule has 1 aliphatic rings. The molecule has 1 unspecified atom stereocenters. The third-order valence-electron chi connectivity index (χ3n) is 3.47. The molecule has 1 aliphatic heterocycles. The van der Waals surface area contributed by atoms with Crippen LogP contribution in [0.5, 0.6) is 0 Å². The van der Waals surface area contributed by atoms with Crippen molar-refractivity contribution in [3.8, 4) is 0 Å². The summed E-state index contributed by atoms with van der Waals surface area (Å²) in [5, 5.41) is 8.62. The first-order chi connectivity index (χ1) is 10.7. The van der Waals surface area contributed by atoms with Gasteiger partial charge in [-0.2, -0.15) is 0 Å². The molecule has 2 rings (SSSR count). The van der Waals surface area contributed by atoms with E-state index in [4.69, 9.17) is 4.74 Å². The molecule has 1 fully saturated rings. The third kappa shape index (κ3) is 5.04. The van der Waals surface area contributed by atoms with Crippen LogP contribution in [0.25, 0.3) is 0 Å². The number of carbonyl (C=O) groups excluding carboxylic acids is 2. The lowest BCUT2D eigenvalue weighted by Gasteiger charge is -2.12. The van der Waals surface area contributed by atoms with Gasteiger partial charge in [-0.15, -0.1) is 0 Å². The zero-order chi connectivity index (χ0) is 15.8. The zero-order valence-electron chi connectivity index (χ0n) is 12.9. The van der Waals surface area contributed by atoms with E-state index in [0.29, 0.717) is 18.7 Å². The zero-order valence-corrected chi connectivity index (χ0v) is 12.9. The molecule has 1 aromatic rings. The van der Waals surface area contributed by atoms with Crippen LogP contribution in [0.3, 0.4) is 0 Å². The third-order valence-corrected chi connectivity index (χ3v) is 3.47. The van der Waals surface area contributed by atoms with Gasteiger partial charge < -0.3 is 20.7 Å². The van der Waals surface area contributed by atoms with E-state index in [-0.39, 0.29) is 24.5 Å². The van der Waals surface area contributed by atoms with Crippen LogP contribution in [-0.4, -0.2) is 44.2 Å². The van der Waals surface area contributed by atoms with Crippen molar-refractivity contribution in [2.75, 3.05) is 31.6 Å². The Kier molecular flexibility index (Phi) is 6.21. The van der Waals surface area contributed by atoms with E-state index in [9.17, 15) is 9.59 Å². The Hall–Kier alpha value is -2.08. The van der Waals surface area contributed by atoms with Gasteiger partial charge in [0.15, 0.2) is 0 Å². The monoisotopic (exact) mass is 305 g/mol. The normalized spacial score (nSPS) is 17.0. The van der Waals surface area contributed by atoms with Crippen LogP contribution in [0, 0.1) is 0 Å². The molecule has 1 saturated heterocycles. The standard InChI is InChI=1S/C16H23N3O3/c1-2-17-16(21)12-5-3-6-13(9-12)18-11-15(20)19-10-14-7-4-8-22-14/h3,5-6,9,14,18H,2,4,7-8,10-11H2,1H3,(H,17,21)(H,19,20). The van der Waals surface area contributed by atoms with E-state index in [1.54, 1.807) is 18.2 Å². The molecule has 22 heavy (non-hydrogen) atoms. The maximum Gasteiger partial charge on any atom is 0.251 e. The molecule has 6 heteroatoms. The number of amides is 2. The highest BCUT2D eigenvalue weighted by Crippen LogP contribution is 2.11. The lowest BCUT2D eigenvalue weighted by atomic mass is 10.2. The Balaban J connectivity index is 1.76. The van der Waals surface area contributed by atoms with E-state index in [1.807, 2.05) is 13.0 Å². The van der Waals surface area contributed by atoms with Crippen molar-refractivity contribution in [1.82, 2.24) is 10.6 Å². The van der Waals surface area contributed by atoms with Crippen molar-refractivity contribution in [2.45, 2.75) is 25.9 Å². The molecule has 0 saturated carbocycles. The predicted molar refractivity (Wildman–Crippen MR) is 84.9 cm³/mol. The van der Waals surface area contributed by atoms with Gasteiger partial charge in [0.05, 0.1) is 12.6 Å². The van der Waals surface area contributed by atoms with Gasteiger partial charge in [0, 0.05) is 30.9 Å². The average molecular weight is 305 g/mol. The number of carbonyl (C=O) groups is 2. The van der Waals surface area contributed by atoms with E-state index in [1.165, 1.54) is 0 Å². The second-order valence-electron chi connectivity index (χ2n) is 5.23. The maximum atomic E-state index is 11.8. The first-order valence-electron chi connectivity index (χ1n) is 7.69. The summed E-state index contributed by atoms with van der Waals surface area (Å²) in [7, 11) is 0. The van der Waals surface area contributed by atoms with Crippen molar-refractivity contribution in [3.05, 3.63) is 29.8 Å². The predicted octanol–water partition coefficient (Wildman–Crippen LogP) is 1.14. The molecule has 0 radical (unpaired) electrons. The topological polar surface area (TPSA) is 79.5 Å². The number of benzene rings is 1. The fourth-order valence-electron chi connectivity index (χ4n) is 2.31. The Morgan fingerprint density at radius 1 is 1.32 bits per heavy atom. The number of hydrogen-bond donors (Lipinski definition) is 3. The average Bonchev–Trinajstić information content (AvgIpc) is 3.05. The highest BCUT2D eigenvalue weighted by molar-refractivity contribution is 5.95. The summed E-state index contributed by atoms with van der Waals surface area (Å²) in [4.78, 5) is 23.5. The van der Waals surface area contributed by atoms with E-state index >= 15 is 0 Å². The van der Waals surface area contributed by atoms with Crippen molar-refractivity contribution in [3.63, 3.8) is 0 Å². The molecular weight excluding hydrogens is 282 g/mol. The molecule has 0 spiro atoms. The summed E-state index contributed by atoms with van der Waals surface area (Å²) in [6, 6.07) is 7.10. The molecule has 2 amide bonds. The molecule has 1 atom stereocenters. The highest BCUT2D eigenvalue weighted by atomic mass is 16.5. The Bertz CT molecular complexity index is 513. The molecule has 1 aromatic carbocycles. The second-order valence-corrected chi connectivity index (χ2v) is 5.23. The first kappa shape index (κ1) is 16.3. The van der Waals surface area contributed by atoms with Crippen molar-refractivity contribution in [2.24, 2.45) is 0 Å². The van der Waals surface area contributed by atoms with Gasteiger partial charge in [0.25, 0.3) is 5.91 Å². The minimum Gasteiger partial charge on any atom is -0.376 e. The fourth-order valence-corrected chi connectivity index (χ4v) is 2.31. The summed E-state index contributed by atoms with van der Waals surface area (Å²) in [5.41, 5.74) is 1.32. The molecule has 120 valence electrons. The van der Waals surface area contributed by atoms with Gasteiger partial charge in [0.1, 0.15) is 0 Å². The SMILES string of the molecule is CCNC(=O)c1cccc(NCC(=O)NCC2CCCO2)c1. The lowest BCUT2D eigenvalue weighted by molar-refractivity contribution is -0.119. The second kappa shape index (κ2) is 8.38.